The molecule has 0 saturated carbocycles. The number of fused-ring (bicyclic) bond motifs is 2. The minimum absolute atomic E-state index is 0.184. The number of carbonyl (C=O) groups is 2. The highest BCUT2D eigenvalue weighted by Gasteiger charge is 2.34. The van der Waals surface area contributed by atoms with Crippen molar-refractivity contribution in [2.75, 3.05) is 44.8 Å². The Morgan fingerprint density at radius 1 is 0.853 bits per heavy atom. The predicted octanol–water partition coefficient (Wildman–Crippen LogP) is 3.82. The van der Waals surface area contributed by atoms with Crippen molar-refractivity contribution in [3.8, 4) is 17.2 Å². The van der Waals surface area contributed by atoms with Crippen molar-refractivity contribution in [2.45, 2.75) is 5.92 Å². The first-order valence-electron chi connectivity index (χ1n) is 11.3. The van der Waals surface area contributed by atoms with Gasteiger partial charge in [0.15, 0.2) is 6.61 Å². The maximum Gasteiger partial charge on any atom is 0.318 e. The highest BCUT2D eigenvalue weighted by atomic mass is 16.5. The molecule has 1 amide bonds. The number of hydrogen-bond donors (Lipinski definition) is 0. The second-order valence-corrected chi connectivity index (χ2v) is 8.28. The smallest absolute Gasteiger partial charge is 0.318 e. The zero-order chi connectivity index (χ0) is 23.5. The quantitative estimate of drug-likeness (QED) is 0.542. The first-order chi connectivity index (χ1) is 16.6. The molecule has 3 aromatic carbocycles. The SMILES string of the molecule is COc1ccc(N2CCN(C(=O)COC(=O)C3c4ccccc4Oc4ccccc43)CC2)cc1. The van der Waals surface area contributed by atoms with Gasteiger partial charge in [0, 0.05) is 43.0 Å². The molecule has 3 aromatic rings. The third kappa shape index (κ3) is 4.29. The van der Waals surface area contributed by atoms with Crippen molar-refractivity contribution < 1.29 is 23.8 Å². The Balaban J connectivity index is 1.20. The van der Waals surface area contributed by atoms with Crippen molar-refractivity contribution in [3.05, 3.63) is 83.9 Å². The maximum absolute atomic E-state index is 13.1. The van der Waals surface area contributed by atoms with Gasteiger partial charge in [-0.3, -0.25) is 9.59 Å². The Morgan fingerprint density at radius 3 is 2.03 bits per heavy atom. The monoisotopic (exact) mass is 458 g/mol. The van der Waals surface area contributed by atoms with Crippen LogP contribution < -0.4 is 14.4 Å². The van der Waals surface area contributed by atoms with E-state index in [2.05, 4.69) is 4.90 Å². The van der Waals surface area contributed by atoms with Gasteiger partial charge >= 0.3 is 5.97 Å². The standard InChI is InChI=1S/C27H26N2O5/c1-32-20-12-10-19(11-13-20)28-14-16-29(17-15-28)25(30)18-33-27(31)26-21-6-2-4-8-23(21)34-24-9-5-3-7-22(24)26/h2-13,26H,14-18H2,1H3. The Hall–Kier alpha value is -4.00. The minimum Gasteiger partial charge on any atom is -0.497 e. The van der Waals surface area contributed by atoms with Gasteiger partial charge in [0.05, 0.1) is 7.11 Å². The van der Waals surface area contributed by atoms with Gasteiger partial charge in [-0.25, -0.2) is 0 Å². The third-order valence-electron chi connectivity index (χ3n) is 6.32. The lowest BCUT2D eigenvalue weighted by molar-refractivity contribution is -0.152. The molecule has 1 fully saturated rings. The number of benzene rings is 3. The highest BCUT2D eigenvalue weighted by Crippen LogP contribution is 2.44. The molecule has 2 aliphatic rings. The molecule has 2 heterocycles. The molecule has 0 unspecified atom stereocenters. The fourth-order valence-corrected chi connectivity index (χ4v) is 4.48. The van der Waals surface area contributed by atoms with Gasteiger partial charge in [-0.15, -0.1) is 0 Å². The van der Waals surface area contributed by atoms with E-state index in [0.717, 1.165) is 22.6 Å². The number of ether oxygens (including phenoxy) is 3. The summed E-state index contributed by atoms with van der Waals surface area (Å²) in [6.07, 6.45) is 0. The molecule has 2 aliphatic heterocycles. The average Bonchev–Trinajstić information content (AvgIpc) is 2.90. The van der Waals surface area contributed by atoms with Gasteiger partial charge < -0.3 is 24.0 Å². The fraction of sp³-hybridized carbons (Fsp3) is 0.259. The summed E-state index contributed by atoms with van der Waals surface area (Å²) in [7, 11) is 1.64. The molecule has 0 aromatic heterocycles. The Kier molecular flexibility index (Phi) is 6.08. The van der Waals surface area contributed by atoms with Gasteiger partial charge in [-0.1, -0.05) is 36.4 Å². The lowest BCUT2D eigenvalue weighted by Crippen LogP contribution is -2.50. The Morgan fingerprint density at radius 2 is 1.44 bits per heavy atom. The molecule has 34 heavy (non-hydrogen) atoms. The zero-order valence-electron chi connectivity index (χ0n) is 19.0. The van der Waals surface area contributed by atoms with Crippen LogP contribution in [0.4, 0.5) is 5.69 Å². The maximum atomic E-state index is 13.1. The third-order valence-corrected chi connectivity index (χ3v) is 6.32. The Labute approximate surface area is 198 Å². The van der Waals surface area contributed by atoms with Crippen molar-refractivity contribution in [1.29, 1.82) is 0 Å². The summed E-state index contributed by atoms with van der Waals surface area (Å²) in [5.41, 5.74) is 2.58. The van der Waals surface area contributed by atoms with Crippen LogP contribution in [0.25, 0.3) is 0 Å². The highest BCUT2D eigenvalue weighted by molar-refractivity contribution is 5.88. The van der Waals surface area contributed by atoms with Gasteiger partial charge in [0.25, 0.3) is 5.91 Å². The minimum atomic E-state index is -0.624. The fourth-order valence-electron chi connectivity index (χ4n) is 4.48. The molecule has 7 nitrogen and oxygen atoms in total. The van der Waals surface area contributed by atoms with E-state index in [4.69, 9.17) is 14.2 Å². The van der Waals surface area contributed by atoms with E-state index in [1.54, 1.807) is 12.0 Å². The normalized spacial score (nSPS) is 15.1. The number of hydrogen-bond acceptors (Lipinski definition) is 6. The first kappa shape index (κ1) is 21.8. The number of carbonyl (C=O) groups excluding carboxylic acids is 2. The molecule has 0 spiro atoms. The van der Waals surface area contributed by atoms with Crippen LogP contribution in [0, 0.1) is 0 Å². The summed E-state index contributed by atoms with van der Waals surface area (Å²) in [6.45, 7) is 2.30. The molecule has 0 atom stereocenters. The van der Waals surface area contributed by atoms with Gasteiger partial charge in [0.2, 0.25) is 0 Å². The lowest BCUT2D eigenvalue weighted by Gasteiger charge is -2.36. The summed E-state index contributed by atoms with van der Waals surface area (Å²) in [5, 5.41) is 0. The first-order valence-corrected chi connectivity index (χ1v) is 11.3. The molecule has 7 heteroatoms. The number of nitrogens with zero attached hydrogens (tertiary/aromatic N) is 2. The number of para-hydroxylation sites is 2. The van der Waals surface area contributed by atoms with E-state index >= 15 is 0 Å². The molecule has 1 saturated heterocycles. The zero-order valence-corrected chi connectivity index (χ0v) is 19.0. The lowest BCUT2D eigenvalue weighted by atomic mass is 9.88. The number of esters is 1. The van der Waals surface area contributed by atoms with Crippen LogP contribution in [0.15, 0.2) is 72.8 Å². The summed E-state index contributed by atoms with van der Waals surface area (Å²) in [5.74, 6) is 0.813. The van der Waals surface area contributed by atoms with E-state index in [-0.39, 0.29) is 12.5 Å². The van der Waals surface area contributed by atoms with Crippen LogP contribution in [0.3, 0.4) is 0 Å². The average molecular weight is 459 g/mol. The van der Waals surface area contributed by atoms with Crippen molar-refractivity contribution >= 4 is 17.6 Å². The number of methoxy groups -OCH3 is 1. The summed E-state index contributed by atoms with van der Waals surface area (Å²) in [4.78, 5) is 29.9. The number of amides is 1. The van der Waals surface area contributed by atoms with Crippen LogP contribution in [-0.4, -0.2) is 56.7 Å². The van der Waals surface area contributed by atoms with Crippen LogP contribution >= 0.6 is 0 Å². The molecule has 0 N–H and O–H groups in total. The Bertz CT molecular complexity index is 1140. The number of anilines is 1. The number of piperazine rings is 1. The molecular formula is C27H26N2O5. The number of rotatable bonds is 5. The molecule has 174 valence electrons. The van der Waals surface area contributed by atoms with Crippen LogP contribution in [-0.2, 0) is 14.3 Å². The molecule has 5 rings (SSSR count). The topological polar surface area (TPSA) is 68.3 Å². The second kappa shape index (κ2) is 9.47. The van der Waals surface area contributed by atoms with E-state index in [1.807, 2.05) is 72.8 Å². The van der Waals surface area contributed by atoms with E-state index in [0.29, 0.717) is 37.7 Å². The summed E-state index contributed by atoms with van der Waals surface area (Å²) in [6, 6.07) is 22.7. The molecular weight excluding hydrogens is 432 g/mol. The molecule has 0 aliphatic carbocycles. The van der Waals surface area contributed by atoms with E-state index < -0.39 is 11.9 Å². The van der Waals surface area contributed by atoms with E-state index in [9.17, 15) is 9.59 Å². The predicted molar refractivity (Wildman–Crippen MR) is 128 cm³/mol. The second-order valence-electron chi connectivity index (χ2n) is 8.28. The van der Waals surface area contributed by atoms with Crippen LogP contribution in [0.2, 0.25) is 0 Å². The summed E-state index contributed by atoms with van der Waals surface area (Å²) >= 11 is 0. The van der Waals surface area contributed by atoms with Crippen molar-refractivity contribution in [2.24, 2.45) is 0 Å². The van der Waals surface area contributed by atoms with Crippen LogP contribution in [0.1, 0.15) is 17.0 Å². The van der Waals surface area contributed by atoms with Crippen molar-refractivity contribution in [1.82, 2.24) is 4.90 Å². The van der Waals surface area contributed by atoms with Gasteiger partial charge in [0.1, 0.15) is 23.2 Å². The molecule has 0 radical (unpaired) electrons. The molecule has 0 bridgehead atoms. The summed E-state index contributed by atoms with van der Waals surface area (Å²) < 4.78 is 16.7. The largest absolute Gasteiger partial charge is 0.497 e. The van der Waals surface area contributed by atoms with Crippen molar-refractivity contribution in [3.63, 3.8) is 0 Å². The van der Waals surface area contributed by atoms with Crippen LogP contribution in [0.5, 0.6) is 17.2 Å². The van der Waals surface area contributed by atoms with Gasteiger partial charge in [-0.05, 0) is 36.4 Å². The van der Waals surface area contributed by atoms with E-state index in [1.165, 1.54) is 0 Å². The van der Waals surface area contributed by atoms with Gasteiger partial charge in [-0.2, -0.15) is 0 Å².